The number of aliphatic hydroxyl groups is 1. The SMILES string of the molecule is Cc1cnc2c(S(=O)(=O)NC(C)CCO)cccc2c1. The first-order chi connectivity index (χ1) is 9.44. The van der Waals surface area contributed by atoms with Crippen LogP contribution in [-0.4, -0.2) is 31.2 Å². The largest absolute Gasteiger partial charge is 0.396 e. The monoisotopic (exact) mass is 294 g/mol. The van der Waals surface area contributed by atoms with Crippen LogP contribution >= 0.6 is 0 Å². The topological polar surface area (TPSA) is 79.3 Å². The van der Waals surface area contributed by atoms with Crippen LogP contribution in [0.4, 0.5) is 0 Å². The molecule has 0 fully saturated rings. The summed E-state index contributed by atoms with van der Waals surface area (Å²) < 4.78 is 27.3. The lowest BCUT2D eigenvalue weighted by molar-refractivity contribution is 0.275. The highest BCUT2D eigenvalue weighted by Gasteiger charge is 2.20. The number of aliphatic hydroxyl groups excluding tert-OH is 1. The van der Waals surface area contributed by atoms with Crippen LogP contribution in [0.25, 0.3) is 10.9 Å². The number of hydrogen-bond donors (Lipinski definition) is 2. The van der Waals surface area contributed by atoms with E-state index in [9.17, 15) is 8.42 Å². The van der Waals surface area contributed by atoms with Gasteiger partial charge in [0.25, 0.3) is 0 Å². The number of aromatic nitrogens is 1. The normalized spacial score (nSPS) is 13.6. The zero-order chi connectivity index (χ0) is 14.8. The summed E-state index contributed by atoms with van der Waals surface area (Å²) in [5, 5.41) is 9.65. The zero-order valence-corrected chi connectivity index (χ0v) is 12.3. The van der Waals surface area contributed by atoms with Crippen molar-refractivity contribution in [3.05, 3.63) is 36.0 Å². The van der Waals surface area contributed by atoms with E-state index in [2.05, 4.69) is 9.71 Å². The molecule has 0 spiro atoms. The molecule has 6 heteroatoms. The van der Waals surface area contributed by atoms with Crippen LogP contribution in [0.1, 0.15) is 18.9 Å². The molecule has 0 aliphatic heterocycles. The number of para-hydroxylation sites is 1. The maximum Gasteiger partial charge on any atom is 0.242 e. The van der Waals surface area contributed by atoms with Crippen molar-refractivity contribution in [2.45, 2.75) is 31.2 Å². The first-order valence-electron chi connectivity index (χ1n) is 6.42. The molecule has 0 saturated carbocycles. The fraction of sp³-hybridized carbons (Fsp3) is 0.357. The van der Waals surface area contributed by atoms with Crippen molar-refractivity contribution in [1.29, 1.82) is 0 Å². The summed E-state index contributed by atoms with van der Waals surface area (Å²) in [5.41, 5.74) is 1.44. The molecule has 5 nitrogen and oxygen atoms in total. The van der Waals surface area contributed by atoms with Crippen molar-refractivity contribution in [2.24, 2.45) is 0 Å². The van der Waals surface area contributed by atoms with E-state index in [1.165, 1.54) is 0 Å². The highest BCUT2D eigenvalue weighted by atomic mass is 32.2. The molecule has 1 atom stereocenters. The summed E-state index contributed by atoms with van der Waals surface area (Å²) in [6, 6.07) is 6.66. The number of pyridine rings is 1. The summed E-state index contributed by atoms with van der Waals surface area (Å²) in [7, 11) is -3.64. The summed E-state index contributed by atoms with van der Waals surface area (Å²) in [6.07, 6.45) is 2.02. The van der Waals surface area contributed by atoms with Gasteiger partial charge in [-0.1, -0.05) is 12.1 Å². The highest BCUT2D eigenvalue weighted by molar-refractivity contribution is 7.89. The third kappa shape index (κ3) is 3.15. The Morgan fingerprint density at radius 2 is 2.15 bits per heavy atom. The molecule has 2 N–H and O–H groups in total. The average molecular weight is 294 g/mol. The van der Waals surface area contributed by atoms with E-state index in [-0.39, 0.29) is 17.5 Å². The van der Waals surface area contributed by atoms with Gasteiger partial charge in [-0.2, -0.15) is 0 Å². The second kappa shape index (κ2) is 5.87. The Hall–Kier alpha value is -1.50. The minimum atomic E-state index is -3.64. The molecule has 1 aromatic carbocycles. The van der Waals surface area contributed by atoms with Crippen molar-refractivity contribution in [2.75, 3.05) is 6.61 Å². The van der Waals surface area contributed by atoms with Crippen LogP contribution in [0.5, 0.6) is 0 Å². The molecule has 1 heterocycles. The van der Waals surface area contributed by atoms with E-state index in [4.69, 9.17) is 5.11 Å². The summed E-state index contributed by atoms with van der Waals surface area (Å²) in [5.74, 6) is 0. The lowest BCUT2D eigenvalue weighted by Crippen LogP contribution is -2.33. The second-order valence-electron chi connectivity index (χ2n) is 4.88. The number of sulfonamides is 1. The lowest BCUT2D eigenvalue weighted by Gasteiger charge is -2.14. The van der Waals surface area contributed by atoms with Crippen LogP contribution in [-0.2, 0) is 10.0 Å². The highest BCUT2D eigenvalue weighted by Crippen LogP contribution is 2.21. The first kappa shape index (κ1) is 14.9. The predicted octanol–water partition coefficient (Wildman–Crippen LogP) is 1.59. The predicted molar refractivity (Wildman–Crippen MR) is 78.0 cm³/mol. The van der Waals surface area contributed by atoms with Crippen LogP contribution < -0.4 is 4.72 Å². The molecule has 1 aromatic heterocycles. The Kier molecular flexibility index (Phi) is 4.37. The Morgan fingerprint density at radius 3 is 2.85 bits per heavy atom. The smallest absolute Gasteiger partial charge is 0.242 e. The van der Waals surface area contributed by atoms with Gasteiger partial charge in [0.05, 0.1) is 5.52 Å². The lowest BCUT2D eigenvalue weighted by atomic mass is 10.2. The molecule has 0 aliphatic rings. The standard InChI is InChI=1S/C14H18N2O3S/c1-10-8-12-4-3-5-13(14(12)15-9-10)20(18,19)16-11(2)6-7-17/h3-5,8-9,11,16-17H,6-7H2,1-2H3. The minimum Gasteiger partial charge on any atom is -0.396 e. The van der Waals surface area contributed by atoms with Crippen LogP contribution in [0.15, 0.2) is 35.4 Å². The zero-order valence-electron chi connectivity index (χ0n) is 11.5. The fourth-order valence-electron chi connectivity index (χ4n) is 2.04. The molecular weight excluding hydrogens is 276 g/mol. The summed E-state index contributed by atoms with van der Waals surface area (Å²) in [4.78, 5) is 4.40. The quantitative estimate of drug-likeness (QED) is 0.877. The van der Waals surface area contributed by atoms with E-state index < -0.39 is 10.0 Å². The van der Waals surface area contributed by atoms with E-state index in [1.54, 1.807) is 25.3 Å². The molecule has 0 radical (unpaired) electrons. The van der Waals surface area contributed by atoms with Crippen molar-refractivity contribution in [3.63, 3.8) is 0 Å². The molecule has 2 rings (SSSR count). The molecule has 0 aliphatic carbocycles. The Balaban J connectivity index is 2.46. The maximum absolute atomic E-state index is 12.4. The summed E-state index contributed by atoms with van der Waals surface area (Å²) >= 11 is 0. The number of fused-ring (bicyclic) bond motifs is 1. The summed E-state index contributed by atoms with van der Waals surface area (Å²) in [6.45, 7) is 3.57. The number of rotatable bonds is 5. The van der Waals surface area contributed by atoms with Gasteiger partial charge in [-0.05, 0) is 38.0 Å². The van der Waals surface area contributed by atoms with Gasteiger partial charge in [0, 0.05) is 24.2 Å². The number of hydrogen-bond acceptors (Lipinski definition) is 4. The fourth-order valence-corrected chi connectivity index (χ4v) is 3.50. The molecule has 1 unspecified atom stereocenters. The Morgan fingerprint density at radius 1 is 1.40 bits per heavy atom. The van der Waals surface area contributed by atoms with Crippen LogP contribution in [0, 0.1) is 6.92 Å². The van der Waals surface area contributed by atoms with Crippen molar-refractivity contribution in [1.82, 2.24) is 9.71 Å². The van der Waals surface area contributed by atoms with E-state index in [1.807, 2.05) is 19.1 Å². The van der Waals surface area contributed by atoms with Gasteiger partial charge in [-0.25, -0.2) is 13.1 Å². The average Bonchev–Trinajstić information content (AvgIpc) is 2.37. The van der Waals surface area contributed by atoms with Crippen LogP contribution in [0.3, 0.4) is 0 Å². The Bertz CT molecular complexity index is 713. The van der Waals surface area contributed by atoms with Gasteiger partial charge >= 0.3 is 0 Å². The van der Waals surface area contributed by atoms with Gasteiger partial charge < -0.3 is 5.11 Å². The number of nitrogens with zero attached hydrogens (tertiary/aromatic N) is 1. The molecule has 0 amide bonds. The molecule has 0 saturated heterocycles. The molecule has 2 aromatic rings. The Labute approximate surface area is 118 Å². The van der Waals surface area contributed by atoms with E-state index in [0.29, 0.717) is 11.9 Å². The van der Waals surface area contributed by atoms with Crippen molar-refractivity contribution < 1.29 is 13.5 Å². The number of aryl methyl sites for hydroxylation is 1. The first-order valence-corrected chi connectivity index (χ1v) is 7.91. The van der Waals surface area contributed by atoms with Gasteiger partial charge in [0.2, 0.25) is 10.0 Å². The molecule has 108 valence electrons. The van der Waals surface area contributed by atoms with Gasteiger partial charge in [-0.15, -0.1) is 0 Å². The molecule has 20 heavy (non-hydrogen) atoms. The van der Waals surface area contributed by atoms with Crippen molar-refractivity contribution in [3.8, 4) is 0 Å². The van der Waals surface area contributed by atoms with Crippen molar-refractivity contribution >= 4 is 20.9 Å². The minimum absolute atomic E-state index is 0.0589. The second-order valence-corrected chi connectivity index (χ2v) is 6.56. The van der Waals surface area contributed by atoms with Gasteiger partial charge in [0.15, 0.2) is 0 Å². The maximum atomic E-state index is 12.4. The van der Waals surface area contributed by atoms with Gasteiger partial charge in [0.1, 0.15) is 4.90 Å². The third-order valence-corrected chi connectivity index (χ3v) is 4.64. The third-order valence-electron chi connectivity index (χ3n) is 3.02. The molecular formula is C14H18N2O3S. The van der Waals surface area contributed by atoms with E-state index >= 15 is 0 Å². The van der Waals surface area contributed by atoms with Gasteiger partial charge in [-0.3, -0.25) is 4.98 Å². The number of nitrogens with one attached hydrogen (secondary N) is 1. The molecule has 0 bridgehead atoms. The van der Waals surface area contributed by atoms with E-state index in [0.717, 1.165) is 10.9 Å². The number of benzene rings is 1. The van der Waals surface area contributed by atoms with Crippen LogP contribution in [0.2, 0.25) is 0 Å².